The molecule has 1 aliphatic heterocycles. The van der Waals surface area contributed by atoms with Gasteiger partial charge in [0, 0.05) is 19.0 Å². The van der Waals surface area contributed by atoms with Crippen molar-refractivity contribution >= 4 is 22.5 Å². The lowest BCUT2D eigenvalue weighted by atomic mass is 9.90. The first kappa shape index (κ1) is 14.7. The summed E-state index contributed by atoms with van der Waals surface area (Å²) in [5.41, 5.74) is 0. The monoisotopic (exact) mass is 310 g/mol. The number of β-amino-alcohol motifs (C(OH)–C–C–N with tert-alkyl or cyclic N) is 1. The Bertz CT molecular complexity index is 487. The average molecular weight is 310 g/mol. The average Bonchev–Trinajstić information content (AvgIpc) is 2.97. The molecular formula is C14H22N4O2S. The van der Waals surface area contributed by atoms with Crippen molar-refractivity contribution in [2.24, 2.45) is 0 Å². The van der Waals surface area contributed by atoms with Gasteiger partial charge in [0.15, 0.2) is 0 Å². The maximum absolute atomic E-state index is 12.1. The van der Waals surface area contributed by atoms with Crippen LogP contribution in [0.5, 0.6) is 0 Å². The number of carbonyl (C=O) groups excluding carboxylic acids is 1. The van der Waals surface area contributed by atoms with Crippen molar-refractivity contribution in [2.75, 3.05) is 18.4 Å². The molecule has 116 valence electrons. The summed E-state index contributed by atoms with van der Waals surface area (Å²) in [5, 5.41) is 22.4. The van der Waals surface area contributed by atoms with Crippen LogP contribution in [-0.4, -0.2) is 45.4 Å². The second-order valence-corrected chi connectivity index (χ2v) is 6.96. The molecule has 1 saturated heterocycles. The first-order valence-corrected chi connectivity index (χ1v) is 8.61. The molecule has 7 heteroatoms. The fourth-order valence-electron chi connectivity index (χ4n) is 3.11. The van der Waals surface area contributed by atoms with E-state index in [2.05, 4.69) is 15.5 Å². The highest BCUT2D eigenvalue weighted by Gasteiger charge is 2.24. The summed E-state index contributed by atoms with van der Waals surface area (Å²) in [7, 11) is 0. The number of hydrogen-bond acceptors (Lipinski definition) is 5. The van der Waals surface area contributed by atoms with E-state index in [1.54, 1.807) is 4.90 Å². The highest BCUT2D eigenvalue weighted by atomic mass is 32.1. The number of aliphatic hydroxyl groups is 1. The van der Waals surface area contributed by atoms with Crippen LogP contribution in [0.15, 0.2) is 0 Å². The molecule has 1 unspecified atom stereocenters. The van der Waals surface area contributed by atoms with E-state index in [-0.39, 0.29) is 6.03 Å². The Hall–Kier alpha value is -1.21. The normalized spacial score (nSPS) is 24.0. The van der Waals surface area contributed by atoms with Crippen molar-refractivity contribution in [3.05, 3.63) is 5.01 Å². The smallest absolute Gasteiger partial charge is 0.323 e. The summed E-state index contributed by atoms with van der Waals surface area (Å²) in [4.78, 5) is 13.8. The van der Waals surface area contributed by atoms with Gasteiger partial charge in [-0.05, 0) is 25.7 Å². The van der Waals surface area contributed by atoms with Gasteiger partial charge in [0.05, 0.1) is 6.10 Å². The zero-order chi connectivity index (χ0) is 14.7. The van der Waals surface area contributed by atoms with Gasteiger partial charge in [-0.15, -0.1) is 10.2 Å². The Morgan fingerprint density at radius 1 is 1.19 bits per heavy atom. The summed E-state index contributed by atoms with van der Waals surface area (Å²) in [5.74, 6) is 0.513. The predicted molar refractivity (Wildman–Crippen MR) is 81.6 cm³/mol. The molecule has 2 amide bonds. The Morgan fingerprint density at radius 3 is 2.76 bits per heavy atom. The predicted octanol–water partition coefficient (Wildman–Crippen LogP) is 2.57. The van der Waals surface area contributed by atoms with Crippen LogP contribution in [0.2, 0.25) is 0 Å². The minimum absolute atomic E-state index is 0.180. The van der Waals surface area contributed by atoms with E-state index in [4.69, 9.17) is 0 Å². The van der Waals surface area contributed by atoms with Gasteiger partial charge in [0.25, 0.3) is 0 Å². The molecule has 1 aromatic heterocycles. The third-order valence-corrected chi connectivity index (χ3v) is 5.29. The molecule has 2 N–H and O–H groups in total. The lowest BCUT2D eigenvalue weighted by Crippen LogP contribution is -2.44. The first-order chi connectivity index (χ1) is 10.2. The van der Waals surface area contributed by atoms with Crippen molar-refractivity contribution in [2.45, 2.75) is 57.0 Å². The van der Waals surface area contributed by atoms with Crippen molar-refractivity contribution in [1.29, 1.82) is 0 Å². The number of carbonyl (C=O) groups is 1. The lowest BCUT2D eigenvalue weighted by molar-refractivity contribution is 0.0883. The van der Waals surface area contributed by atoms with Gasteiger partial charge in [0.2, 0.25) is 5.13 Å². The maximum atomic E-state index is 12.1. The summed E-state index contributed by atoms with van der Waals surface area (Å²) >= 11 is 1.49. The molecule has 21 heavy (non-hydrogen) atoms. The summed E-state index contributed by atoms with van der Waals surface area (Å²) < 4.78 is 0. The van der Waals surface area contributed by atoms with Crippen molar-refractivity contribution < 1.29 is 9.90 Å². The summed E-state index contributed by atoms with van der Waals surface area (Å²) in [6.07, 6.45) is 7.41. The molecule has 0 spiro atoms. The number of urea groups is 1. The van der Waals surface area contributed by atoms with Crippen molar-refractivity contribution in [1.82, 2.24) is 15.1 Å². The van der Waals surface area contributed by atoms with E-state index in [9.17, 15) is 9.90 Å². The van der Waals surface area contributed by atoms with Crippen LogP contribution in [-0.2, 0) is 0 Å². The molecule has 1 saturated carbocycles. The van der Waals surface area contributed by atoms with E-state index in [1.807, 2.05) is 0 Å². The van der Waals surface area contributed by atoms with Crippen LogP contribution in [0.4, 0.5) is 9.93 Å². The third-order valence-electron chi connectivity index (χ3n) is 4.29. The minimum atomic E-state index is -0.406. The van der Waals surface area contributed by atoms with Gasteiger partial charge in [-0.3, -0.25) is 5.32 Å². The Balaban J connectivity index is 1.57. The summed E-state index contributed by atoms with van der Waals surface area (Å²) in [6, 6.07) is -0.180. The van der Waals surface area contributed by atoms with Crippen molar-refractivity contribution in [3.63, 3.8) is 0 Å². The van der Waals surface area contributed by atoms with Crippen LogP contribution in [0.3, 0.4) is 0 Å². The molecule has 1 atom stereocenters. The molecule has 2 fully saturated rings. The number of hydrogen-bond donors (Lipinski definition) is 2. The lowest BCUT2D eigenvalue weighted by Gasteiger charge is -2.29. The number of aromatic nitrogens is 2. The van der Waals surface area contributed by atoms with Crippen LogP contribution in [0.1, 0.15) is 55.9 Å². The second-order valence-electron chi connectivity index (χ2n) is 5.95. The number of anilines is 1. The van der Waals surface area contributed by atoms with Crippen LogP contribution in [0, 0.1) is 0 Å². The molecule has 2 aliphatic rings. The minimum Gasteiger partial charge on any atom is -0.391 e. The zero-order valence-corrected chi connectivity index (χ0v) is 12.9. The highest BCUT2D eigenvalue weighted by Crippen LogP contribution is 2.35. The largest absolute Gasteiger partial charge is 0.391 e. The van der Waals surface area contributed by atoms with E-state index in [1.165, 1.54) is 43.4 Å². The Kier molecular flexibility index (Phi) is 4.70. The van der Waals surface area contributed by atoms with Gasteiger partial charge < -0.3 is 10.0 Å². The van der Waals surface area contributed by atoms with Gasteiger partial charge in [-0.2, -0.15) is 0 Å². The molecule has 0 bridgehead atoms. The number of amides is 2. The number of nitrogens with one attached hydrogen (secondary N) is 1. The van der Waals surface area contributed by atoms with Gasteiger partial charge in [-0.25, -0.2) is 4.79 Å². The molecule has 6 nitrogen and oxygen atoms in total. The van der Waals surface area contributed by atoms with Gasteiger partial charge in [-0.1, -0.05) is 30.6 Å². The fraction of sp³-hybridized carbons (Fsp3) is 0.786. The summed E-state index contributed by atoms with van der Waals surface area (Å²) in [6.45, 7) is 1.09. The molecule has 0 aromatic carbocycles. The van der Waals surface area contributed by atoms with E-state index >= 15 is 0 Å². The molecule has 2 heterocycles. The van der Waals surface area contributed by atoms with Crippen LogP contribution in [0.25, 0.3) is 0 Å². The molecule has 3 rings (SSSR count). The number of rotatable bonds is 2. The molecule has 1 aliphatic carbocycles. The fourth-order valence-corrected chi connectivity index (χ4v) is 4.01. The number of piperidine rings is 1. The van der Waals surface area contributed by atoms with Crippen LogP contribution < -0.4 is 5.32 Å². The van der Waals surface area contributed by atoms with E-state index in [0.29, 0.717) is 24.1 Å². The standard InChI is InChI=1S/C14H22N4O2S/c19-11-7-4-8-18(9-11)14(20)15-13-17-16-12(21-13)10-5-2-1-3-6-10/h10-11,19H,1-9H2,(H,15,17,20). The number of aliphatic hydroxyl groups excluding tert-OH is 1. The quantitative estimate of drug-likeness (QED) is 0.880. The SMILES string of the molecule is O=C(Nc1nnc(C2CCCCC2)s1)N1CCCC(O)C1. The zero-order valence-electron chi connectivity index (χ0n) is 12.1. The third kappa shape index (κ3) is 3.71. The molecular weight excluding hydrogens is 288 g/mol. The molecule has 1 aromatic rings. The molecule has 0 radical (unpaired) electrons. The maximum Gasteiger partial charge on any atom is 0.323 e. The Labute approximate surface area is 128 Å². The van der Waals surface area contributed by atoms with E-state index < -0.39 is 6.10 Å². The van der Waals surface area contributed by atoms with Crippen LogP contribution >= 0.6 is 11.3 Å². The Morgan fingerprint density at radius 2 is 2.00 bits per heavy atom. The highest BCUT2D eigenvalue weighted by molar-refractivity contribution is 7.15. The van der Waals surface area contributed by atoms with E-state index in [0.717, 1.165) is 17.8 Å². The first-order valence-electron chi connectivity index (χ1n) is 7.80. The van der Waals surface area contributed by atoms with Crippen molar-refractivity contribution in [3.8, 4) is 0 Å². The van der Waals surface area contributed by atoms with Gasteiger partial charge in [0.1, 0.15) is 5.01 Å². The topological polar surface area (TPSA) is 78.4 Å². The second kappa shape index (κ2) is 6.70. The van der Waals surface area contributed by atoms with Gasteiger partial charge >= 0.3 is 6.03 Å². The number of nitrogens with zero attached hydrogens (tertiary/aromatic N) is 3. The number of likely N-dealkylation sites (tertiary alicyclic amines) is 1.